The first kappa shape index (κ1) is 18.5. The number of benzene rings is 2. The Balaban J connectivity index is 1.67. The Morgan fingerprint density at radius 2 is 1.73 bits per heavy atom. The lowest BCUT2D eigenvalue weighted by Gasteiger charge is -2.23. The summed E-state index contributed by atoms with van der Waals surface area (Å²) in [5.74, 6) is 0.765. The minimum absolute atomic E-state index is 0.0184. The van der Waals surface area contributed by atoms with Crippen LogP contribution in [0.4, 0.5) is 0 Å². The van der Waals surface area contributed by atoms with E-state index in [9.17, 15) is 4.79 Å². The summed E-state index contributed by atoms with van der Waals surface area (Å²) in [5, 5.41) is 3.15. The van der Waals surface area contributed by atoms with Crippen molar-refractivity contribution in [1.82, 2.24) is 5.32 Å². The van der Waals surface area contributed by atoms with Crippen molar-refractivity contribution >= 4 is 5.91 Å². The molecule has 2 aromatic rings. The monoisotopic (exact) mass is 351 g/mol. The Labute approximate surface area is 156 Å². The van der Waals surface area contributed by atoms with Gasteiger partial charge in [0.2, 0.25) is 0 Å². The topological polar surface area (TPSA) is 38.3 Å². The quantitative estimate of drug-likeness (QED) is 0.763. The summed E-state index contributed by atoms with van der Waals surface area (Å²) >= 11 is 0. The van der Waals surface area contributed by atoms with E-state index in [-0.39, 0.29) is 11.9 Å². The van der Waals surface area contributed by atoms with Crippen molar-refractivity contribution in [2.45, 2.75) is 64.5 Å². The highest BCUT2D eigenvalue weighted by atomic mass is 16.5. The highest BCUT2D eigenvalue weighted by molar-refractivity contribution is 5.81. The summed E-state index contributed by atoms with van der Waals surface area (Å²) in [4.78, 5) is 12.8. The van der Waals surface area contributed by atoms with Gasteiger partial charge in [-0.3, -0.25) is 4.79 Å². The molecule has 3 heteroatoms. The molecule has 1 aliphatic rings. The van der Waals surface area contributed by atoms with Gasteiger partial charge in [-0.1, -0.05) is 50.2 Å². The van der Waals surface area contributed by atoms with Crippen molar-refractivity contribution in [3.63, 3.8) is 0 Å². The van der Waals surface area contributed by atoms with Crippen LogP contribution in [0.2, 0.25) is 0 Å². The van der Waals surface area contributed by atoms with Crippen molar-refractivity contribution in [2.24, 2.45) is 0 Å². The van der Waals surface area contributed by atoms with Gasteiger partial charge in [0.15, 0.2) is 6.10 Å². The Morgan fingerprint density at radius 3 is 2.42 bits per heavy atom. The summed E-state index contributed by atoms with van der Waals surface area (Å²) in [6.07, 6.45) is 5.81. The summed E-state index contributed by atoms with van der Waals surface area (Å²) in [6, 6.07) is 16.4. The molecule has 1 aliphatic carbocycles. The lowest BCUT2D eigenvalue weighted by Crippen LogP contribution is -2.40. The van der Waals surface area contributed by atoms with E-state index in [1.54, 1.807) is 0 Å². The van der Waals surface area contributed by atoms with E-state index in [1.165, 1.54) is 24.0 Å². The van der Waals surface area contributed by atoms with Crippen LogP contribution in [-0.4, -0.2) is 12.0 Å². The fraction of sp³-hybridized carbons (Fsp3) is 0.435. The Hall–Kier alpha value is -2.29. The van der Waals surface area contributed by atoms with Crippen molar-refractivity contribution in [3.8, 4) is 5.75 Å². The van der Waals surface area contributed by atoms with E-state index in [1.807, 2.05) is 31.2 Å². The van der Waals surface area contributed by atoms with Crippen molar-refractivity contribution in [3.05, 3.63) is 65.2 Å². The number of hydrogen-bond donors (Lipinski definition) is 1. The average molecular weight is 351 g/mol. The highest BCUT2D eigenvalue weighted by Gasteiger charge is 2.22. The molecule has 3 nitrogen and oxygen atoms in total. The lowest BCUT2D eigenvalue weighted by molar-refractivity contribution is -0.128. The molecule has 0 unspecified atom stereocenters. The van der Waals surface area contributed by atoms with Gasteiger partial charge in [-0.05, 0) is 67.3 Å². The van der Waals surface area contributed by atoms with Crippen LogP contribution in [0.15, 0.2) is 48.5 Å². The smallest absolute Gasteiger partial charge is 0.261 e. The normalized spacial score (nSPS) is 15.6. The van der Waals surface area contributed by atoms with Gasteiger partial charge in [-0.25, -0.2) is 0 Å². The first-order chi connectivity index (χ1) is 12.7. The fourth-order valence-corrected chi connectivity index (χ4v) is 3.64. The Morgan fingerprint density at radius 1 is 1.00 bits per heavy atom. The molecule has 1 N–H and O–H groups in total. The van der Waals surface area contributed by atoms with Crippen LogP contribution in [-0.2, 0) is 17.6 Å². The van der Waals surface area contributed by atoms with Crippen molar-refractivity contribution in [1.29, 1.82) is 0 Å². The summed E-state index contributed by atoms with van der Waals surface area (Å²) in [5.41, 5.74) is 3.93. The molecule has 0 radical (unpaired) electrons. The maximum absolute atomic E-state index is 12.8. The molecule has 2 aromatic carbocycles. The van der Waals surface area contributed by atoms with Crippen LogP contribution in [0, 0.1) is 0 Å². The van der Waals surface area contributed by atoms with E-state index < -0.39 is 6.10 Å². The van der Waals surface area contributed by atoms with Gasteiger partial charge in [-0.15, -0.1) is 0 Å². The molecular formula is C23H29NO2. The Kier molecular flexibility index (Phi) is 6.32. The molecule has 0 fully saturated rings. The molecule has 0 aromatic heterocycles. The van der Waals surface area contributed by atoms with Crippen LogP contribution in [0.1, 0.15) is 62.3 Å². The first-order valence-corrected chi connectivity index (χ1v) is 9.85. The van der Waals surface area contributed by atoms with E-state index in [2.05, 4.69) is 36.5 Å². The number of nitrogens with one attached hydrogen (secondary N) is 1. The van der Waals surface area contributed by atoms with E-state index >= 15 is 0 Å². The average Bonchev–Trinajstić information content (AvgIpc) is 2.70. The second-order valence-corrected chi connectivity index (χ2v) is 7.03. The number of carbonyl (C=O) groups is 1. The summed E-state index contributed by atoms with van der Waals surface area (Å²) in [6.45, 7) is 4.08. The Bertz CT molecular complexity index is 726. The van der Waals surface area contributed by atoms with Crippen LogP contribution in [0.25, 0.3) is 0 Å². The number of fused-ring (bicyclic) bond motifs is 1. The van der Waals surface area contributed by atoms with E-state index in [0.717, 1.165) is 30.6 Å². The number of hydrogen-bond acceptors (Lipinski definition) is 2. The number of rotatable bonds is 7. The molecule has 0 bridgehead atoms. The zero-order chi connectivity index (χ0) is 18.4. The molecular weight excluding hydrogens is 322 g/mol. The maximum atomic E-state index is 12.8. The van der Waals surface area contributed by atoms with Gasteiger partial charge in [0, 0.05) is 0 Å². The van der Waals surface area contributed by atoms with Crippen molar-refractivity contribution in [2.75, 3.05) is 0 Å². The SMILES string of the molecule is CC[C@H](NC(=O)[C@@H](CC)Oc1ccc2c(c1)CCCC2)c1ccccc1. The molecule has 3 rings (SSSR count). The molecule has 0 saturated heterocycles. The molecule has 1 amide bonds. The third kappa shape index (κ3) is 4.46. The van der Waals surface area contributed by atoms with Crippen molar-refractivity contribution < 1.29 is 9.53 Å². The minimum atomic E-state index is -0.464. The lowest BCUT2D eigenvalue weighted by atomic mass is 9.92. The standard InChI is InChI=1S/C23H29NO2/c1-3-21(18-11-6-5-7-12-18)24-23(25)22(4-2)26-20-15-14-17-10-8-9-13-19(17)16-20/h5-7,11-12,14-16,21-22H,3-4,8-10,13H2,1-2H3,(H,24,25)/t21-,22+/m0/s1. The van der Waals surface area contributed by atoms with Gasteiger partial charge in [-0.2, -0.15) is 0 Å². The minimum Gasteiger partial charge on any atom is -0.481 e. The van der Waals surface area contributed by atoms with Gasteiger partial charge in [0.05, 0.1) is 6.04 Å². The number of aryl methyl sites for hydroxylation is 2. The zero-order valence-electron chi connectivity index (χ0n) is 15.8. The molecule has 2 atom stereocenters. The predicted molar refractivity (Wildman–Crippen MR) is 105 cm³/mol. The number of ether oxygens (including phenoxy) is 1. The largest absolute Gasteiger partial charge is 0.481 e. The summed E-state index contributed by atoms with van der Waals surface area (Å²) in [7, 11) is 0. The molecule has 138 valence electrons. The third-order valence-corrected chi connectivity index (χ3v) is 5.19. The molecule has 0 heterocycles. The second kappa shape index (κ2) is 8.88. The van der Waals surface area contributed by atoms with Gasteiger partial charge < -0.3 is 10.1 Å². The highest BCUT2D eigenvalue weighted by Crippen LogP contribution is 2.26. The molecule has 0 aliphatic heterocycles. The molecule has 0 saturated carbocycles. The van der Waals surface area contributed by atoms with Gasteiger partial charge >= 0.3 is 0 Å². The predicted octanol–water partition coefficient (Wildman–Crippen LogP) is 4.99. The van der Waals surface area contributed by atoms with E-state index in [0.29, 0.717) is 6.42 Å². The summed E-state index contributed by atoms with van der Waals surface area (Å²) < 4.78 is 6.06. The third-order valence-electron chi connectivity index (χ3n) is 5.19. The van der Waals surface area contributed by atoms with Gasteiger partial charge in [0.1, 0.15) is 5.75 Å². The first-order valence-electron chi connectivity index (χ1n) is 9.85. The van der Waals surface area contributed by atoms with Crippen LogP contribution in [0.3, 0.4) is 0 Å². The van der Waals surface area contributed by atoms with Gasteiger partial charge in [0.25, 0.3) is 5.91 Å². The number of amides is 1. The molecule has 26 heavy (non-hydrogen) atoms. The van der Waals surface area contributed by atoms with Crippen LogP contribution in [0.5, 0.6) is 5.75 Å². The maximum Gasteiger partial charge on any atom is 0.261 e. The van der Waals surface area contributed by atoms with Crippen LogP contribution >= 0.6 is 0 Å². The second-order valence-electron chi connectivity index (χ2n) is 7.03. The fourth-order valence-electron chi connectivity index (χ4n) is 3.64. The number of carbonyl (C=O) groups excluding carboxylic acids is 1. The van der Waals surface area contributed by atoms with Crippen LogP contribution < -0.4 is 10.1 Å². The van der Waals surface area contributed by atoms with E-state index in [4.69, 9.17) is 4.74 Å². The molecule has 0 spiro atoms. The zero-order valence-corrected chi connectivity index (χ0v) is 15.8.